The van der Waals surface area contributed by atoms with Gasteiger partial charge in [-0.3, -0.25) is 0 Å². The van der Waals surface area contributed by atoms with Crippen LogP contribution >= 0.6 is 0 Å². The van der Waals surface area contributed by atoms with E-state index in [4.69, 9.17) is 10.00 Å². The van der Waals surface area contributed by atoms with Crippen molar-refractivity contribution in [3.8, 4) is 11.8 Å². The summed E-state index contributed by atoms with van der Waals surface area (Å²) in [6.07, 6.45) is 0. The SMILES string of the molecule is COc1ccccc1Nc1nc(C)cc(C#N)n1. The molecule has 0 unspecified atom stereocenters. The van der Waals surface area contributed by atoms with Crippen molar-refractivity contribution >= 4 is 11.6 Å². The van der Waals surface area contributed by atoms with Gasteiger partial charge in [-0.25, -0.2) is 9.97 Å². The van der Waals surface area contributed by atoms with Crippen molar-refractivity contribution in [2.24, 2.45) is 0 Å². The number of ether oxygens (including phenoxy) is 1. The third-order valence-electron chi connectivity index (χ3n) is 2.32. The molecule has 0 saturated carbocycles. The van der Waals surface area contributed by atoms with Gasteiger partial charge in [0.25, 0.3) is 0 Å². The maximum atomic E-state index is 8.86. The summed E-state index contributed by atoms with van der Waals surface area (Å²) in [4.78, 5) is 8.31. The van der Waals surface area contributed by atoms with E-state index in [9.17, 15) is 0 Å². The summed E-state index contributed by atoms with van der Waals surface area (Å²) in [5.41, 5.74) is 1.83. The molecule has 90 valence electrons. The molecule has 18 heavy (non-hydrogen) atoms. The number of anilines is 2. The maximum absolute atomic E-state index is 8.86. The Kier molecular flexibility index (Phi) is 3.39. The first-order chi connectivity index (χ1) is 8.72. The predicted octanol–water partition coefficient (Wildman–Crippen LogP) is 2.41. The summed E-state index contributed by atoms with van der Waals surface area (Å²) < 4.78 is 5.22. The second-order valence-corrected chi connectivity index (χ2v) is 3.66. The Balaban J connectivity index is 2.34. The third kappa shape index (κ3) is 2.55. The van der Waals surface area contributed by atoms with Crippen LogP contribution in [0.1, 0.15) is 11.4 Å². The number of methoxy groups -OCH3 is 1. The van der Waals surface area contributed by atoms with E-state index in [0.29, 0.717) is 17.4 Å². The summed E-state index contributed by atoms with van der Waals surface area (Å²) in [5.74, 6) is 1.08. The normalized spacial score (nSPS) is 9.61. The van der Waals surface area contributed by atoms with Gasteiger partial charge in [-0.1, -0.05) is 12.1 Å². The van der Waals surface area contributed by atoms with E-state index in [2.05, 4.69) is 15.3 Å². The molecule has 0 saturated heterocycles. The molecular weight excluding hydrogens is 228 g/mol. The van der Waals surface area contributed by atoms with Gasteiger partial charge in [-0.2, -0.15) is 5.26 Å². The zero-order valence-electron chi connectivity index (χ0n) is 10.1. The molecule has 0 bridgehead atoms. The van der Waals surface area contributed by atoms with Crippen molar-refractivity contribution in [2.45, 2.75) is 6.92 Å². The Morgan fingerprint density at radius 3 is 2.78 bits per heavy atom. The van der Waals surface area contributed by atoms with E-state index in [0.717, 1.165) is 11.4 Å². The van der Waals surface area contributed by atoms with E-state index in [1.165, 1.54) is 0 Å². The maximum Gasteiger partial charge on any atom is 0.228 e. The number of rotatable bonds is 3. The molecule has 0 atom stereocenters. The quantitative estimate of drug-likeness (QED) is 0.892. The fraction of sp³-hybridized carbons (Fsp3) is 0.154. The number of benzene rings is 1. The molecule has 1 aromatic heterocycles. The predicted molar refractivity (Wildman–Crippen MR) is 67.8 cm³/mol. The number of para-hydroxylation sites is 2. The van der Waals surface area contributed by atoms with Gasteiger partial charge in [0.1, 0.15) is 17.5 Å². The summed E-state index contributed by atoms with van der Waals surface area (Å²) in [6.45, 7) is 1.82. The molecule has 0 spiro atoms. The standard InChI is InChI=1S/C13H12N4O/c1-9-7-10(8-14)16-13(15-9)17-11-5-3-4-6-12(11)18-2/h3-7H,1-2H3,(H,15,16,17). The van der Waals surface area contributed by atoms with E-state index >= 15 is 0 Å². The van der Waals surface area contributed by atoms with Crippen LogP contribution in [0.4, 0.5) is 11.6 Å². The molecular formula is C13H12N4O. The van der Waals surface area contributed by atoms with Crippen LogP contribution in [-0.2, 0) is 0 Å². The fourth-order valence-corrected chi connectivity index (χ4v) is 1.55. The molecule has 0 aliphatic heterocycles. The van der Waals surface area contributed by atoms with E-state index in [1.54, 1.807) is 13.2 Å². The number of nitrogens with one attached hydrogen (secondary N) is 1. The van der Waals surface area contributed by atoms with Gasteiger partial charge in [0.15, 0.2) is 0 Å². The lowest BCUT2D eigenvalue weighted by Crippen LogP contribution is -2.01. The molecule has 0 aliphatic rings. The van der Waals surface area contributed by atoms with Crippen molar-refractivity contribution in [3.63, 3.8) is 0 Å². The first-order valence-electron chi connectivity index (χ1n) is 5.39. The molecule has 1 N–H and O–H groups in total. The Hall–Kier alpha value is -2.61. The van der Waals surface area contributed by atoms with Crippen LogP contribution in [-0.4, -0.2) is 17.1 Å². The first-order valence-corrected chi connectivity index (χ1v) is 5.39. The zero-order chi connectivity index (χ0) is 13.0. The molecule has 0 aliphatic carbocycles. The van der Waals surface area contributed by atoms with Gasteiger partial charge in [0, 0.05) is 5.69 Å². The Labute approximate surface area is 105 Å². The highest BCUT2D eigenvalue weighted by Crippen LogP contribution is 2.25. The summed E-state index contributed by atoms with van der Waals surface area (Å²) >= 11 is 0. The molecule has 0 radical (unpaired) electrons. The van der Waals surface area contributed by atoms with E-state index in [1.807, 2.05) is 37.3 Å². The number of hydrogen-bond acceptors (Lipinski definition) is 5. The summed E-state index contributed by atoms with van der Waals surface area (Å²) in [5, 5.41) is 11.9. The minimum Gasteiger partial charge on any atom is -0.495 e. The van der Waals surface area contributed by atoms with E-state index < -0.39 is 0 Å². The van der Waals surface area contributed by atoms with Crippen molar-refractivity contribution in [1.82, 2.24) is 9.97 Å². The van der Waals surface area contributed by atoms with Crippen LogP contribution in [0.5, 0.6) is 5.75 Å². The van der Waals surface area contributed by atoms with Crippen LogP contribution in [0.15, 0.2) is 30.3 Å². The third-order valence-corrected chi connectivity index (χ3v) is 2.32. The number of nitriles is 1. The molecule has 1 aromatic carbocycles. The summed E-state index contributed by atoms with van der Waals surface area (Å²) in [7, 11) is 1.60. The highest BCUT2D eigenvalue weighted by molar-refractivity contribution is 5.62. The van der Waals surface area contributed by atoms with Gasteiger partial charge in [0.2, 0.25) is 5.95 Å². The van der Waals surface area contributed by atoms with Crippen molar-refractivity contribution in [3.05, 3.63) is 41.7 Å². The number of nitrogens with zero attached hydrogens (tertiary/aromatic N) is 3. The molecule has 5 heteroatoms. The van der Waals surface area contributed by atoms with Gasteiger partial charge < -0.3 is 10.1 Å². The second kappa shape index (κ2) is 5.15. The monoisotopic (exact) mass is 240 g/mol. The summed E-state index contributed by atoms with van der Waals surface area (Å²) in [6, 6.07) is 11.1. The molecule has 0 amide bonds. The second-order valence-electron chi connectivity index (χ2n) is 3.66. The van der Waals surface area contributed by atoms with Crippen LogP contribution < -0.4 is 10.1 Å². The largest absolute Gasteiger partial charge is 0.495 e. The lowest BCUT2D eigenvalue weighted by Gasteiger charge is -2.09. The topological polar surface area (TPSA) is 70.8 Å². The Bertz CT molecular complexity index is 604. The average Bonchev–Trinajstić information content (AvgIpc) is 2.38. The highest BCUT2D eigenvalue weighted by Gasteiger charge is 2.05. The number of hydrogen-bond donors (Lipinski definition) is 1. The van der Waals surface area contributed by atoms with Crippen LogP contribution in [0.3, 0.4) is 0 Å². The molecule has 2 aromatic rings. The van der Waals surface area contributed by atoms with Crippen LogP contribution in [0, 0.1) is 18.3 Å². The van der Waals surface area contributed by atoms with Gasteiger partial charge >= 0.3 is 0 Å². The van der Waals surface area contributed by atoms with Crippen LogP contribution in [0.2, 0.25) is 0 Å². The number of aryl methyl sites for hydroxylation is 1. The molecule has 2 rings (SSSR count). The minimum absolute atomic E-state index is 0.333. The van der Waals surface area contributed by atoms with Crippen molar-refractivity contribution in [2.75, 3.05) is 12.4 Å². The molecule has 5 nitrogen and oxygen atoms in total. The van der Waals surface area contributed by atoms with Gasteiger partial charge in [0.05, 0.1) is 12.8 Å². The minimum atomic E-state index is 0.333. The zero-order valence-corrected chi connectivity index (χ0v) is 10.1. The van der Waals surface area contributed by atoms with Gasteiger partial charge in [-0.05, 0) is 25.1 Å². The average molecular weight is 240 g/mol. The van der Waals surface area contributed by atoms with E-state index in [-0.39, 0.29) is 0 Å². The number of aromatic nitrogens is 2. The molecule has 0 fully saturated rings. The van der Waals surface area contributed by atoms with Gasteiger partial charge in [-0.15, -0.1) is 0 Å². The van der Waals surface area contributed by atoms with Crippen LogP contribution in [0.25, 0.3) is 0 Å². The lowest BCUT2D eigenvalue weighted by molar-refractivity contribution is 0.417. The Morgan fingerprint density at radius 2 is 2.06 bits per heavy atom. The van der Waals surface area contributed by atoms with Crippen molar-refractivity contribution < 1.29 is 4.74 Å². The Morgan fingerprint density at radius 1 is 1.28 bits per heavy atom. The fourth-order valence-electron chi connectivity index (χ4n) is 1.55. The molecule has 1 heterocycles. The van der Waals surface area contributed by atoms with Crippen molar-refractivity contribution in [1.29, 1.82) is 5.26 Å². The highest BCUT2D eigenvalue weighted by atomic mass is 16.5. The lowest BCUT2D eigenvalue weighted by atomic mass is 10.3. The smallest absolute Gasteiger partial charge is 0.228 e. The first kappa shape index (κ1) is 11.9.